The van der Waals surface area contributed by atoms with Crippen molar-refractivity contribution in [3.63, 3.8) is 0 Å². The maximum atomic E-state index is 12.5. The lowest BCUT2D eigenvalue weighted by molar-refractivity contribution is -0.120. The Balaban J connectivity index is 1.54. The molecule has 11 heteroatoms. The van der Waals surface area contributed by atoms with Gasteiger partial charge in [-0.1, -0.05) is 34.1 Å². The first kappa shape index (κ1) is 27.2. The zero-order chi connectivity index (χ0) is 26.8. The zero-order valence-corrected chi connectivity index (χ0v) is 21.8. The van der Waals surface area contributed by atoms with E-state index in [1.807, 2.05) is 0 Å². The summed E-state index contributed by atoms with van der Waals surface area (Å²) in [5.74, 6) is -0.283. The number of amides is 2. The molecule has 3 aromatic carbocycles. The molecule has 0 aliphatic rings. The minimum absolute atomic E-state index is 0.222. The Morgan fingerprint density at radius 1 is 0.892 bits per heavy atom. The highest BCUT2D eigenvalue weighted by Crippen LogP contribution is 2.38. The van der Waals surface area contributed by atoms with Crippen molar-refractivity contribution in [2.24, 2.45) is 5.10 Å². The van der Waals surface area contributed by atoms with Gasteiger partial charge in [0.2, 0.25) is 5.75 Å². The molecule has 0 aliphatic heterocycles. The van der Waals surface area contributed by atoms with Gasteiger partial charge in [-0.25, -0.2) is 10.2 Å². The molecule has 0 heterocycles. The Morgan fingerprint density at radius 2 is 1.59 bits per heavy atom. The van der Waals surface area contributed by atoms with E-state index in [1.54, 1.807) is 48.5 Å². The van der Waals surface area contributed by atoms with E-state index in [2.05, 4.69) is 31.8 Å². The van der Waals surface area contributed by atoms with E-state index in [0.717, 1.165) is 4.47 Å². The fraction of sp³-hybridized carbons (Fsp3) is 0.154. The van der Waals surface area contributed by atoms with Crippen molar-refractivity contribution in [1.29, 1.82) is 0 Å². The predicted molar refractivity (Wildman–Crippen MR) is 140 cm³/mol. The standard InChI is InChI=1S/C26H24BrN3O7/c1-34-21-12-18(13-22(35-2)24(21)36-3)25(32)28-15-23(31)30-29-14-16-6-4-9-20(10-16)37-26(33)17-7-5-8-19(27)11-17/h4-14H,15H2,1-3H3,(H,28,32)(H,30,31)/b29-14+. The highest BCUT2D eigenvalue weighted by atomic mass is 79.9. The summed E-state index contributed by atoms with van der Waals surface area (Å²) in [5, 5.41) is 6.38. The summed E-state index contributed by atoms with van der Waals surface area (Å²) in [6, 6.07) is 16.4. The second-order valence-corrected chi connectivity index (χ2v) is 8.28. The molecule has 0 aliphatic carbocycles. The number of ether oxygens (including phenoxy) is 4. The highest BCUT2D eigenvalue weighted by Gasteiger charge is 2.17. The number of hydrogen-bond acceptors (Lipinski definition) is 8. The first-order valence-electron chi connectivity index (χ1n) is 10.8. The van der Waals surface area contributed by atoms with Crippen LogP contribution in [0.2, 0.25) is 0 Å². The minimum Gasteiger partial charge on any atom is -0.493 e. The predicted octanol–water partition coefficient (Wildman–Crippen LogP) is 3.57. The van der Waals surface area contributed by atoms with Gasteiger partial charge in [0.05, 0.1) is 39.7 Å². The van der Waals surface area contributed by atoms with E-state index < -0.39 is 17.8 Å². The molecule has 192 valence electrons. The molecule has 10 nitrogen and oxygen atoms in total. The molecule has 3 aromatic rings. The lowest BCUT2D eigenvalue weighted by atomic mass is 10.1. The highest BCUT2D eigenvalue weighted by molar-refractivity contribution is 9.10. The van der Waals surface area contributed by atoms with Crippen molar-refractivity contribution in [2.75, 3.05) is 27.9 Å². The molecule has 0 saturated carbocycles. The number of nitrogens with one attached hydrogen (secondary N) is 2. The molecule has 2 amide bonds. The number of nitrogens with zero attached hydrogens (tertiary/aromatic N) is 1. The zero-order valence-electron chi connectivity index (χ0n) is 20.2. The maximum Gasteiger partial charge on any atom is 0.343 e. The third kappa shape index (κ3) is 7.55. The lowest BCUT2D eigenvalue weighted by Crippen LogP contribution is -2.34. The summed E-state index contributed by atoms with van der Waals surface area (Å²) in [4.78, 5) is 37.0. The molecule has 0 saturated heterocycles. The van der Waals surface area contributed by atoms with Gasteiger partial charge in [-0.2, -0.15) is 5.10 Å². The molecule has 37 heavy (non-hydrogen) atoms. The molecular weight excluding hydrogens is 546 g/mol. The van der Waals surface area contributed by atoms with Gasteiger partial charge in [0, 0.05) is 10.0 Å². The first-order valence-corrected chi connectivity index (χ1v) is 11.6. The van der Waals surface area contributed by atoms with Crippen molar-refractivity contribution in [2.45, 2.75) is 0 Å². The minimum atomic E-state index is -0.547. The molecule has 0 aromatic heterocycles. The number of halogens is 1. The van der Waals surface area contributed by atoms with Crippen molar-refractivity contribution in [1.82, 2.24) is 10.7 Å². The molecule has 0 atom stereocenters. The van der Waals surface area contributed by atoms with Crippen LogP contribution < -0.4 is 29.7 Å². The molecule has 0 fully saturated rings. The number of hydrazone groups is 1. The summed E-state index contributed by atoms with van der Waals surface area (Å²) in [7, 11) is 4.33. The Labute approximate surface area is 221 Å². The third-order valence-corrected chi connectivity index (χ3v) is 5.36. The van der Waals surface area contributed by atoms with Crippen LogP contribution in [0.25, 0.3) is 0 Å². The number of hydrogen-bond donors (Lipinski definition) is 2. The van der Waals surface area contributed by atoms with E-state index in [1.165, 1.54) is 39.7 Å². The van der Waals surface area contributed by atoms with Crippen molar-refractivity contribution >= 4 is 39.9 Å². The van der Waals surface area contributed by atoms with Crippen LogP contribution in [0.1, 0.15) is 26.3 Å². The molecular formula is C26H24BrN3O7. The van der Waals surface area contributed by atoms with Gasteiger partial charge in [0.1, 0.15) is 5.75 Å². The van der Waals surface area contributed by atoms with E-state index in [4.69, 9.17) is 18.9 Å². The lowest BCUT2D eigenvalue weighted by Gasteiger charge is -2.14. The largest absolute Gasteiger partial charge is 0.493 e. The van der Waals surface area contributed by atoms with Gasteiger partial charge in [-0.3, -0.25) is 9.59 Å². The van der Waals surface area contributed by atoms with Crippen molar-refractivity contribution < 1.29 is 33.3 Å². The average Bonchev–Trinajstić information content (AvgIpc) is 2.91. The molecule has 2 N–H and O–H groups in total. The maximum absolute atomic E-state index is 12.5. The van der Waals surface area contributed by atoms with Gasteiger partial charge < -0.3 is 24.3 Å². The molecule has 0 bridgehead atoms. The Bertz CT molecular complexity index is 1300. The molecule has 0 radical (unpaired) electrons. The van der Waals surface area contributed by atoms with Crippen LogP contribution in [0.5, 0.6) is 23.0 Å². The van der Waals surface area contributed by atoms with Crippen LogP contribution in [0.3, 0.4) is 0 Å². The molecule has 3 rings (SSSR count). The van der Waals surface area contributed by atoms with Crippen LogP contribution in [0, 0.1) is 0 Å². The number of carbonyl (C=O) groups is 3. The summed E-state index contributed by atoms with van der Waals surface area (Å²) >= 11 is 3.32. The van der Waals surface area contributed by atoms with Gasteiger partial charge in [0.25, 0.3) is 11.8 Å². The molecule has 0 spiro atoms. The van der Waals surface area contributed by atoms with Gasteiger partial charge in [-0.15, -0.1) is 0 Å². The summed E-state index contributed by atoms with van der Waals surface area (Å²) in [6.07, 6.45) is 1.38. The topological polar surface area (TPSA) is 125 Å². The average molecular weight is 570 g/mol. The number of esters is 1. The van der Waals surface area contributed by atoms with E-state index in [9.17, 15) is 14.4 Å². The van der Waals surface area contributed by atoms with Gasteiger partial charge in [0.15, 0.2) is 11.5 Å². The first-order chi connectivity index (χ1) is 17.8. The number of benzene rings is 3. The number of methoxy groups -OCH3 is 3. The van der Waals surface area contributed by atoms with E-state index in [-0.39, 0.29) is 12.1 Å². The fourth-order valence-electron chi connectivity index (χ4n) is 3.13. The van der Waals surface area contributed by atoms with Crippen molar-refractivity contribution in [3.05, 3.63) is 81.8 Å². The van der Waals surface area contributed by atoms with Crippen LogP contribution in [0.4, 0.5) is 0 Å². The van der Waals surface area contributed by atoms with Crippen LogP contribution in [-0.4, -0.2) is 51.9 Å². The van der Waals surface area contributed by atoms with Crippen molar-refractivity contribution in [3.8, 4) is 23.0 Å². The SMILES string of the molecule is COc1cc(C(=O)NCC(=O)N/N=C/c2cccc(OC(=O)c3cccc(Br)c3)c2)cc(OC)c1OC. The van der Waals surface area contributed by atoms with Crippen LogP contribution in [0.15, 0.2) is 70.2 Å². The summed E-state index contributed by atoms with van der Waals surface area (Å²) in [6.45, 7) is -0.322. The smallest absolute Gasteiger partial charge is 0.343 e. The van der Waals surface area contributed by atoms with Crippen LogP contribution in [-0.2, 0) is 4.79 Å². The van der Waals surface area contributed by atoms with Crippen LogP contribution >= 0.6 is 15.9 Å². The monoisotopic (exact) mass is 569 g/mol. The summed E-state index contributed by atoms with van der Waals surface area (Å²) in [5.41, 5.74) is 3.53. The Kier molecular flexibility index (Phi) is 9.61. The fourth-order valence-corrected chi connectivity index (χ4v) is 3.53. The quantitative estimate of drug-likeness (QED) is 0.165. The van der Waals surface area contributed by atoms with E-state index >= 15 is 0 Å². The third-order valence-electron chi connectivity index (χ3n) is 4.87. The van der Waals surface area contributed by atoms with E-state index in [0.29, 0.717) is 34.1 Å². The second-order valence-electron chi connectivity index (χ2n) is 7.36. The second kappa shape index (κ2) is 13.1. The molecule has 0 unspecified atom stereocenters. The number of rotatable bonds is 10. The van der Waals surface area contributed by atoms with Gasteiger partial charge in [-0.05, 0) is 48.0 Å². The Hall–Kier alpha value is -4.38. The van der Waals surface area contributed by atoms with Gasteiger partial charge >= 0.3 is 5.97 Å². The normalized spacial score (nSPS) is 10.5. The Morgan fingerprint density at radius 3 is 2.24 bits per heavy atom. The number of carbonyl (C=O) groups excluding carboxylic acids is 3. The summed E-state index contributed by atoms with van der Waals surface area (Å²) < 4.78 is 21.9.